The highest BCUT2D eigenvalue weighted by atomic mass is 16.6. The Hall–Kier alpha value is -5.91. The first-order chi connectivity index (χ1) is 24.9. The van der Waals surface area contributed by atoms with E-state index in [-0.39, 0.29) is 38.2 Å². The normalized spacial score (nSPS) is 30.0. The van der Waals surface area contributed by atoms with E-state index < -0.39 is 23.2 Å². The van der Waals surface area contributed by atoms with E-state index in [1.54, 1.807) is 6.08 Å². The second kappa shape index (κ2) is 14.4. The number of carboxylic acids is 1. The molecule has 0 spiro atoms. The molecule has 6 aliphatic rings. The highest BCUT2D eigenvalue weighted by Crippen LogP contribution is 2.54. The molecule has 270 valence electrons. The van der Waals surface area contributed by atoms with Gasteiger partial charge in [0.2, 0.25) is 0 Å². The Morgan fingerprint density at radius 1 is 1.02 bits per heavy atom. The molecule has 1 aliphatic carbocycles. The standard InChI is InChI=1S/C40H42N4O8/c1-7-26-21(2)32-13-37-29-10-8-25(16-50-19-45)30(18-51-20-46)40(29,6)38(44-37)15-33-23(4)28(17-52-24(5)47)36(43-33)14-35-27(9-11-39(48)49)22(3)31(42-35)12-34(26)41-32/h7-8,10,12-15,19-20,22,30-31,42,44,47H,1,5,9,11,16-18H2,2-4,6H3,(H,48,49)/b34-12-,36-14-,37-13-,38-15-/t22?,30-,31?,40+/m1/s1. The minimum absolute atomic E-state index is 0.0126. The third-order valence-electron chi connectivity index (χ3n) is 10.8. The van der Waals surface area contributed by atoms with Crippen molar-refractivity contribution in [3.63, 3.8) is 0 Å². The molecule has 52 heavy (non-hydrogen) atoms. The van der Waals surface area contributed by atoms with Crippen LogP contribution >= 0.6 is 0 Å². The molecule has 4 N–H and O–H groups in total. The molecule has 2 unspecified atom stereocenters. The first-order valence-corrected chi connectivity index (χ1v) is 17.0. The van der Waals surface area contributed by atoms with Gasteiger partial charge in [0.05, 0.1) is 35.5 Å². The number of allylic oxidation sites excluding steroid dienone is 10. The molecule has 0 aromatic rings. The predicted octanol–water partition coefficient (Wildman–Crippen LogP) is 5.47. The predicted molar refractivity (Wildman–Crippen MR) is 195 cm³/mol. The summed E-state index contributed by atoms with van der Waals surface area (Å²) in [7, 11) is 0. The lowest BCUT2D eigenvalue weighted by atomic mass is 9.65. The van der Waals surface area contributed by atoms with Crippen LogP contribution in [0.25, 0.3) is 0 Å². The molecule has 0 aromatic carbocycles. The Morgan fingerprint density at radius 2 is 1.75 bits per heavy atom. The Balaban J connectivity index is 1.61. The van der Waals surface area contributed by atoms with Crippen LogP contribution in [-0.2, 0) is 28.6 Å². The number of carbonyl (C=O) groups is 3. The van der Waals surface area contributed by atoms with Gasteiger partial charge in [-0.05, 0) is 85.9 Å². The fraction of sp³-hybridized carbons (Fsp3) is 0.325. The van der Waals surface area contributed by atoms with E-state index in [9.17, 15) is 24.6 Å². The molecule has 12 nitrogen and oxygen atoms in total. The van der Waals surface area contributed by atoms with Crippen LogP contribution in [0.2, 0.25) is 0 Å². The summed E-state index contributed by atoms with van der Waals surface area (Å²) >= 11 is 0. The average Bonchev–Trinajstić information content (AvgIpc) is 3.76. The van der Waals surface area contributed by atoms with Crippen LogP contribution in [0.15, 0.2) is 139 Å². The number of rotatable bonds is 13. The molecule has 0 radical (unpaired) electrons. The zero-order chi connectivity index (χ0) is 37.3. The van der Waals surface area contributed by atoms with Crippen LogP contribution in [0.5, 0.6) is 0 Å². The van der Waals surface area contributed by atoms with Gasteiger partial charge in [0.15, 0.2) is 0 Å². The zero-order valence-corrected chi connectivity index (χ0v) is 29.6. The first kappa shape index (κ1) is 35.9. The molecule has 0 saturated carbocycles. The van der Waals surface area contributed by atoms with Crippen LogP contribution in [0.1, 0.15) is 40.5 Å². The molecule has 1 saturated heterocycles. The van der Waals surface area contributed by atoms with Gasteiger partial charge in [-0.25, -0.2) is 9.98 Å². The minimum Gasteiger partial charge on any atom is -0.481 e. The number of carbonyl (C=O) groups excluding carboxylic acids is 2. The molecule has 5 heterocycles. The minimum atomic E-state index is -0.892. The number of ether oxygens (including phenoxy) is 3. The fourth-order valence-electron chi connectivity index (χ4n) is 7.79. The molecule has 5 aliphatic heterocycles. The summed E-state index contributed by atoms with van der Waals surface area (Å²) in [6.45, 7) is 16.4. The van der Waals surface area contributed by atoms with Crippen LogP contribution in [0, 0.1) is 17.3 Å². The molecule has 1 fully saturated rings. The van der Waals surface area contributed by atoms with Crippen molar-refractivity contribution in [3.05, 3.63) is 129 Å². The maximum absolute atomic E-state index is 11.7. The SMILES string of the molecule is C=CC1=C(C)C2=NC/1=C\C1NC(=C(CCC(=O)O)C1C)/C=C1N=C(/C=C3\N/C(=C\2)C2=CC=C(COC=O)[C@@H](COC=O)[C@]23C)C(C)=C\1COC(=C)O. The molecular formula is C40H42N4O8. The molecule has 6 rings (SSSR count). The van der Waals surface area contributed by atoms with E-state index in [4.69, 9.17) is 24.2 Å². The van der Waals surface area contributed by atoms with Gasteiger partial charge in [0, 0.05) is 51.9 Å². The molecule has 0 aromatic heterocycles. The van der Waals surface area contributed by atoms with Crippen molar-refractivity contribution in [1.82, 2.24) is 10.6 Å². The van der Waals surface area contributed by atoms with Crippen molar-refractivity contribution >= 4 is 30.3 Å². The number of hydrogen-bond acceptors (Lipinski definition) is 11. The second-order valence-corrected chi connectivity index (χ2v) is 13.6. The summed E-state index contributed by atoms with van der Waals surface area (Å²) in [5.41, 5.74) is 10.2. The van der Waals surface area contributed by atoms with Gasteiger partial charge >= 0.3 is 5.97 Å². The van der Waals surface area contributed by atoms with Crippen LogP contribution in [0.3, 0.4) is 0 Å². The third kappa shape index (κ3) is 6.40. The molecule has 4 atom stereocenters. The second-order valence-electron chi connectivity index (χ2n) is 13.6. The van der Waals surface area contributed by atoms with Gasteiger partial charge in [-0.3, -0.25) is 14.4 Å². The number of carboxylic acid groups (broad SMARTS) is 1. The van der Waals surface area contributed by atoms with E-state index in [1.165, 1.54) is 0 Å². The number of nitrogens with zero attached hydrogens (tertiary/aromatic N) is 2. The molecule has 12 heteroatoms. The summed E-state index contributed by atoms with van der Waals surface area (Å²) in [6.07, 6.45) is 13.9. The lowest BCUT2D eigenvalue weighted by Crippen LogP contribution is -2.37. The molecule has 8 bridgehead atoms. The van der Waals surface area contributed by atoms with Crippen molar-refractivity contribution < 1.29 is 38.8 Å². The fourth-order valence-corrected chi connectivity index (χ4v) is 7.79. The summed E-state index contributed by atoms with van der Waals surface area (Å²) in [4.78, 5) is 44.6. The number of aliphatic carboxylic acids is 1. The van der Waals surface area contributed by atoms with Crippen molar-refractivity contribution in [2.45, 2.75) is 46.6 Å². The maximum atomic E-state index is 11.7. The van der Waals surface area contributed by atoms with Gasteiger partial charge in [0.1, 0.15) is 13.2 Å². The van der Waals surface area contributed by atoms with Crippen LogP contribution < -0.4 is 10.6 Å². The topological polar surface area (TPSA) is 168 Å². The smallest absolute Gasteiger partial charge is 0.303 e. The molecule has 0 amide bonds. The number of aliphatic hydroxyl groups excluding tert-OH is 1. The monoisotopic (exact) mass is 706 g/mol. The van der Waals surface area contributed by atoms with Crippen LogP contribution in [-0.4, -0.2) is 66.4 Å². The molecular weight excluding hydrogens is 664 g/mol. The summed E-state index contributed by atoms with van der Waals surface area (Å²) in [6, 6.07) is -0.208. The quantitative estimate of drug-likeness (QED) is 0.142. The zero-order valence-electron chi connectivity index (χ0n) is 29.6. The van der Waals surface area contributed by atoms with Crippen LogP contribution in [0.4, 0.5) is 0 Å². The van der Waals surface area contributed by atoms with Gasteiger partial charge < -0.3 is 35.1 Å². The van der Waals surface area contributed by atoms with Crippen molar-refractivity contribution in [2.24, 2.45) is 27.2 Å². The van der Waals surface area contributed by atoms with Gasteiger partial charge in [-0.2, -0.15) is 0 Å². The summed E-state index contributed by atoms with van der Waals surface area (Å²) in [5.74, 6) is -1.81. The van der Waals surface area contributed by atoms with E-state index in [0.29, 0.717) is 36.3 Å². The number of aliphatic imine (C=N–C) groups is 2. The first-order valence-electron chi connectivity index (χ1n) is 17.0. The lowest BCUT2D eigenvalue weighted by molar-refractivity contribution is -0.137. The Kier molecular flexibility index (Phi) is 9.92. The van der Waals surface area contributed by atoms with Gasteiger partial charge in [0.25, 0.3) is 18.9 Å². The van der Waals surface area contributed by atoms with Gasteiger partial charge in [-0.15, -0.1) is 0 Å². The number of nitrogens with one attached hydrogen (secondary N) is 2. The highest BCUT2D eigenvalue weighted by molar-refractivity contribution is 6.14. The lowest BCUT2D eigenvalue weighted by Gasteiger charge is -2.38. The van der Waals surface area contributed by atoms with Crippen molar-refractivity contribution in [1.29, 1.82) is 0 Å². The summed E-state index contributed by atoms with van der Waals surface area (Å²) in [5, 5.41) is 26.7. The van der Waals surface area contributed by atoms with E-state index in [2.05, 4.69) is 36.8 Å². The Morgan fingerprint density at radius 3 is 2.44 bits per heavy atom. The Bertz CT molecular complexity index is 2010. The van der Waals surface area contributed by atoms with Crippen molar-refractivity contribution in [3.8, 4) is 0 Å². The van der Waals surface area contributed by atoms with Gasteiger partial charge in [-0.1, -0.05) is 31.7 Å². The Labute approximate surface area is 302 Å². The largest absolute Gasteiger partial charge is 0.481 e. The number of hydrogen-bond donors (Lipinski definition) is 4. The number of fused-ring (bicyclic) bond motifs is 9. The number of aliphatic hydroxyl groups is 1. The summed E-state index contributed by atoms with van der Waals surface area (Å²) < 4.78 is 16.1. The third-order valence-corrected chi connectivity index (χ3v) is 10.8. The highest BCUT2D eigenvalue weighted by Gasteiger charge is 2.51. The average molecular weight is 707 g/mol. The van der Waals surface area contributed by atoms with E-state index in [1.807, 2.05) is 51.2 Å². The van der Waals surface area contributed by atoms with E-state index >= 15 is 0 Å². The maximum Gasteiger partial charge on any atom is 0.303 e. The van der Waals surface area contributed by atoms with Crippen molar-refractivity contribution in [2.75, 3.05) is 19.8 Å². The van der Waals surface area contributed by atoms with E-state index in [0.717, 1.165) is 61.9 Å².